The molecule has 3 aliphatic rings. The van der Waals surface area contributed by atoms with Crippen molar-refractivity contribution < 1.29 is 74.4 Å². The van der Waals surface area contributed by atoms with Crippen LogP contribution in [0, 0.1) is 0 Å². The number of rotatable bonds is 10. The lowest BCUT2D eigenvalue weighted by molar-refractivity contribution is -0.374. The third kappa shape index (κ3) is 6.97. The molecule has 3 fully saturated rings. The summed E-state index contributed by atoms with van der Waals surface area (Å²) in [6.45, 7) is -1.99. The van der Waals surface area contributed by atoms with Crippen molar-refractivity contribution in [2.24, 2.45) is 0 Å². The summed E-state index contributed by atoms with van der Waals surface area (Å²) in [5.74, 6) is 0. The molecule has 0 bridgehead atoms. The first-order chi connectivity index (χ1) is 19.2. The van der Waals surface area contributed by atoms with Crippen LogP contribution in [0.25, 0.3) is 0 Å². The van der Waals surface area contributed by atoms with E-state index in [1.165, 1.54) is 0 Å². The van der Waals surface area contributed by atoms with Crippen molar-refractivity contribution in [2.45, 2.75) is 99.0 Å². The van der Waals surface area contributed by atoms with Gasteiger partial charge < -0.3 is 74.4 Å². The topological polar surface area (TPSA) is 237 Å². The average Bonchev–Trinajstić information content (AvgIpc) is 2.96. The zero-order chi connectivity index (χ0) is 29.0. The van der Waals surface area contributed by atoms with Crippen LogP contribution in [0.15, 0.2) is 30.3 Å². The third-order valence-electron chi connectivity index (χ3n) is 7.22. The molecule has 5 unspecified atom stereocenters. The first kappa shape index (κ1) is 31.6. The molecule has 14 atom stereocenters. The smallest absolute Gasteiger partial charge is 0.187 e. The maximum absolute atomic E-state index is 11.0. The Morgan fingerprint density at radius 3 is 1.90 bits per heavy atom. The second-order valence-electron chi connectivity index (χ2n) is 9.99. The van der Waals surface area contributed by atoms with E-state index in [-0.39, 0.29) is 13.0 Å². The van der Waals surface area contributed by atoms with Gasteiger partial charge in [0, 0.05) is 6.42 Å². The number of hydrogen-bond acceptors (Lipinski definition) is 15. The molecule has 228 valence electrons. The highest BCUT2D eigenvalue weighted by Gasteiger charge is 2.52. The zero-order valence-electron chi connectivity index (χ0n) is 21.5. The van der Waals surface area contributed by atoms with E-state index >= 15 is 0 Å². The maximum atomic E-state index is 11.0. The van der Waals surface area contributed by atoms with E-state index in [2.05, 4.69) is 0 Å². The van der Waals surface area contributed by atoms with Crippen LogP contribution >= 0.6 is 0 Å². The Balaban J connectivity index is 1.43. The summed E-state index contributed by atoms with van der Waals surface area (Å²) in [6, 6.07) is 9.00. The second kappa shape index (κ2) is 14.2. The van der Waals surface area contributed by atoms with Crippen molar-refractivity contribution in [3.8, 4) is 0 Å². The Bertz CT molecular complexity index is 892. The fourth-order valence-corrected chi connectivity index (χ4v) is 4.92. The van der Waals surface area contributed by atoms with E-state index in [1.54, 1.807) is 24.3 Å². The van der Waals surface area contributed by atoms with Gasteiger partial charge in [-0.3, -0.25) is 0 Å². The van der Waals surface area contributed by atoms with Gasteiger partial charge in [-0.05, 0) is 5.56 Å². The molecule has 1 aromatic rings. The standard InChI is InChI=1S/C25H38O15/c26-7-13-17(30)12(29)6-16(36-13)39-23-18(31)14(8-27)37-25(21(23)34)40-22-15(9-28)38-24(20(33)19(22)32)35-10-11-4-2-1-3-5-11/h1-5,12-34H,6-10H2/t12-,13?,14?,15?,16-,17-,18+,19-,20?,21?,22-,23+,24-,25+/m1/s1. The number of aliphatic hydroxyl groups excluding tert-OH is 9. The van der Waals surface area contributed by atoms with Crippen molar-refractivity contribution in [1.82, 2.24) is 0 Å². The summed E-state index contributed by atoms with van der Waals surface area (Å²) in [7, 11) is 0. The summed E-state index contributed by atoms with van der Waals surface area (Å²) in [5, 5.41) is 92.2. The first-order valence-electron chi connectivity index (χ1n) is 13.0. The van der Waals surface area contributed by atoms with Gasteiger partial charge in [-0.15, -0.1) is 0 Å². The highest BCUT2D eigenvalue weighted by molar-refractivity contribution is 5.13. The molecule has 40 heavy (non-hydrogen) atoms. The lowest BCUT2D eigenvalue weighted by atomic mass is 9.96. The summed E-state index contributed by atoms with van der Waals surface area (Å²) in [4.78, 5) is 0. The minimum atomic E-state index is -1.77. The number of benzene rings is 1. The number of ether oxygens (including phenoxy) is 6. The molecule has 0 spiro atoms. The third-order valence-corrected chi connectivity index (χ3v) is 7.22. The molecule has 0 saturated carbocycles. The van der Waals surface area contributed by atoms with E-state index in [1.807, 2.05) is 6.07 Å². The van der Waals surface area contributed by atoms with Crippen molar-refractivity contribution in [3.05, 3.63) is 35.9 Å². The Morgan fingerprint density at radius 2 is 1.25 bits per heavy atom. The molecule has 15 heteroatoms. The summed E-state index contributed by atoms with van der Waals surface area (Å²) >= 11 is 0. The van der Waals surface area contributed by atoms with Gasteiger partial charge in [0.05, 0.1) is 32.5 Å². The second-order valence-corrected chi connectivity index (χ2v) is 9.99. The van der Waals surface area contributed by atoms with E-state index in [0.717, 1.165) is 5.56 Å². The normalized spacial score (nSPS) is 44.4. The van der Waals surface area contributed by atoms with Crippen LogP contribution in [-0.4, -0.2) is 152 Å². The van der Waals surface area contributed by atoms with Gasteiger partial charge in [0.1, 0.15) is 61.0 Å². The van der Waals surface area contributed by atoms with Crippen LogP contribution in [0.5, 0.6) is 0 Å². The minimum Gasteiger partial charge on any atom is -0.394 e. The molecule has 0 aromatic heterocycles. The van der Waals surface area contributed by atoms with Crippen LogP contribution in [-0.2, 0) is 35.0 Å². The lowest BCUT2D eigenvalue weighted by Gasteiger charge is -2.47. The van der Waals surface area contributed by atoms with Gasteiger partial charge in [-0.1, -0.05) is 30.3 Å². The van der Waals surface area contributed by atoms with Crippen molar-refractivity contribution in [2.75, 3.05) is 19.8 Å². The van der Waals surface area contributed by atoms with E-state index in [4.69, 9.17) is 28.4 Å². The first-order valence-corrected chi connectivity index (χ1v) is 13.0. The molecule has 3 aliphatic heterocycles. The molecule has 3 heterocycles. The van der Waals surface area contributed by atoms with E-state index in [0.29, 0.717) is 0 Å². The Hall–Kier alpha value is -1.38. The summed E-state index contributed by atoms with van der Waals surface area (Å²) in [6.07, 6.45) is -20.7. The molecule has 3 saturated heterocycles. The predicted molar refractivity (Wildman–Crippen MR) is 129 cm³/mol. The average molecular weight is 579 g/mol. The molecule has 0 amide bonds. The quantitative estimate of drug-likeness (QED) is 0.128. The van der Waals surface area contributed by atoms with Gasteiger partial charge in [0.25, 0.3) is 0 Å². The number of aliphatic hydroxyl groups is 9. The van der Waals surface area contributed by atoms with Gasteiger partial charge in [0.2, 0.25) is 0 Å². The lowest BCUT2D eigenvalue weighted by Crippen LogP contribution is -2.65. The molecule has 0 radical (unpaired) electrons. The fraction of sp³-hybridized carbons (Fsp3) is 0.760. The van der Waals surface area contributed by atoms with Crippen LogP contribution in [0.1, 0.15) is 12.0 Å². The molecule has 4 rings (SSSR count). The monoisotopic (exact) mass is 578 g/mol. The highest BCUT2D eigenvalue weighted by atomic mass is 16.8. The zero-order valence-corrected chi connectivity index (χ0v) is 21.5. The number of hydrogen-bond donors (Lipinski definition) is 9. The van der Waals surface area contributed by atoms with E-state index < -0.39 is 106 Å². The van der Waals surface area contributed by atoms with Gasteiger partial charge in [-0.25, -0.2) is 0 Å². The van der Waals surface area contributed by atoms with Crippen LogP contribution < -0.4 is 0 Å². The van der Waals surface area contributed by atoms with Gasteiger partial charge in [-0.2, -0.15) is 0 Å². The van der Waals surface area contributed by atoms with E-state index in [9.17, 15) is 46.0 Å². The van der Waals surface area contributed by atoms with Gasteiger partial charge >= 0.3 is 0 Å². The van der Waals surface area contributed by atoms with Crippen LogP contribution in [0.2, 0.25) is 0 Å². The SMILES string of the molecule is OCC1O[C@@H](OCc2ccccc2)C(O)[C@@H](O)[C@@H]1O[C@@H]1OC(CO)[C@H](O)[C@H](O[C@@H]2C[C@@H](O)[C@@H](O)C(CO)O2)C1O. The predicted octanol–water partition coefficient (Wildman–Crippen LogP) is -4.32. The molecular weight excluding hydrogens is 540 g/mol. The molecule has 1 aromatic carbocycles. The van der Waals surface area contributed by atoms with Crippen LogP contribution in [0.3, 0.4) is 0 Å². The Labute approximate surface area is 229 Å². The van der Waals surface area contributed by atoms with Crippen LogP contribution in [0.4, 0.5) is 0 Å². The van der Waals surface area contributed by atoms with Crippen molar-refractivity contribution in [1.29, 1.82) is 0 Å². The Morgan fingerprint density at radius 1 is 0.625 bits per heavy atom. The largest absolute Gasteiger partial charge is 0.394 e. The fourth-order valence-electron chi connectivity index (χ4n) is 4.92. The Kier molecular flexibility index (Phi) is 11.2. The molecule has 15 nitrogen and oxygen atoms in total. The molecule has 0 aliphatic carbocycles. The van der Waals surface area contributed by atoms with Crippen molar-refractivity contribution >= 4 is 0 Å². The summed E-state index contributed by atoms with van der Waals surface area (Å²) in [5.41, 5.74) is 0.777. The minimum absolute atomic E-state index is 0.0462. The van der Waals surface area contributed by atoms with Crippen molar-refractivity contribution in [3.63, 3.8) is 0 Å². The van der Waals surface area contributed by atoms with Gasteiger partial charge in [0.15, 0.2) is 18.9 Å². The molecule has 9 N–H and O–H groups in total. The maximum Gasteiger partial charge on any atom is 0.187 e. The molecular formula is C25H38O15. The summed E-state index contributed by atoms with van der Waals surface area (Å²) < 4.78 is 33.5. The highest BCUT2D eigenvalue weighted by Crippen LogP contribution is 2.32.